The molecule has 0 aromatic carbocycles. The molecule has 14 heavy (non-hydrogen) atoms. The van der Waals surface area contributed by atoms with Gasteiger partial charge in [0.1, 0.15) is 0 Å². The van der Waals surface area contributed by atoms with Crippen molar-refractivity contribution < 1.29 is 15.0 Å². The maximum atomic E-state index is 10.2. The Balaban J connectivity index is 2.07. The molecule has 1 aliphatic carbocycles. The third-order valence-corrected chi connectivity index (χ3v) is 2.79. The molecule has 1 aliphatic rings. The Labute approximate surface area is 84.3 Å². The first kappa shape index (κ1) is 11.5. The van der Waals surface area contributed by atoms with Crippen LogP contribution in [0.25, 0.3) is 0 Å². The average Bonchev–Trinajstić information content (AvgIpc) is 2.15. The van der Waals surface area contributed by atoms with E-state index in [2.05, 4.69) is 5.32 Å². The number of carbonyl (C=O) groups is 1. The van der Waals surface area contributed by atoms with Crippen molar-refractivity contribution in [2.75, 3.05) is 13.1 Å². The predicted molar refractivity (Wildman–Crippen MR) is 53.1 cm³/mol. The summed E-state index contributed by atoms with van der Waals surface area (Å²) in [7, 11) is 0. The van der Waals surface area contributed by atoms with Crippen molar-refractivity contribution in [1.29, 1.82) is 0 Å². The van der Waals surface area contributed by atoms with Crippen LogP contribution in [0.5, 0.6) is 0 Å². The van der Waals surface area contributed by atoms with Crippen molar-refractivity contribution in [2.24, 2.45) is 5.92 Å². The van der Waals surface area contributed by atoms with E-state index < -0.39 is 5.97 Å². The zero-order valence-corrected chi connectivity index (χ0v) is 8.41. The van der Waals surface area contributed by atoms with E-state index in [-0.39, 0.29) is 12.5 Å². The van der Waals surface area contributed by atoms with Crippen LogP contribution >= 0.6 is 0 Å². The molecule has 0 aliphatic heterocycles. The third kappa shape index (κ3) is 4.07. The molecule has 0 heterocycles. The Morgan fingerprint density at radius 1 is 1.36 bits per heavy atom. The van der Waals surface area contributed by atoms with E-state index in [1.165, 1.54) is 6.42 Å². The van der Waals surface area contributed by atoms with E-state index in [0.717, 1.165) is 25.8 Å². The summed E-state index contributed by atoms with van der Waals surface area (Å²) in [5.74, 6) is -0.459. The van der Waals surface area contributed by atoms with Gasteiger partial charge in [-0.3, -0.25) is 4.79 Å². The Kier molecular flexibility index (Phi) is 4.90. The summed E-state index contributed by atoms with van der Waals surface area (Å²) in [5.41, 5.74) is 0. The van der Waals surface area contributed by atoms with Crippen LogP contribution in [0.3, 0.4) is 0 Å². The van der Waals surface area contributed by atoms with Gasteiger partial charge in [-0.15, -0.1) is 0 Å². The smallest absolute Gasteiger partial charge is 0.304 e. The highest BCUT2D eigenvalue weighted by Crippen LogP contribution is 2.23. The zero-order chi connectivity index (χ0) is 10.4. The normalized spacial score (nSPS) is 27.5. The molecule has 4 heteroatoms. The zero-order valence-electron chi connectivity index (χ0n) is 8.41. The SMILES string of the molecule is O=C(O)CCNCC1CCCCC1O. The standard InChI is InChI=1S/C10H19NO3/c12-9-4-2-1-3-8(9)7-11-6-5-10(13)14/h8-9,11-12H,1-7H2,(H,13,14). The van der Waals surface area contributed by atoms with Gasteiger partial charge in [-0.05, 0) is 18.8 Å². The molecule has 0 bridgehead atoms. The number of aliphatic carboxylic acids is 1. The first-order chi connectivity index (χ1) is 6.70. The minimum absolute atomic E-state index is 0.156. The fourth-order valence-electron chi connectivity index (χ4n) is 1.91. The van der Waals surface area contributed by atoms with E-state index in [1.54, 1.807) is 0 Å². The van der Waals surface area contributed by atoms with Crippen LogP contribution in [-0.4, -0.2) is 35.4 Å². The Hall–Kier alpha value is -0.610. The lowest BCUT2D eigenvalue weighted by molar-refractivity contribution is -0.136. The van der Waals surface area contributed by atoms with Crippen LogP contribution in [0.2, 0.25) is 0 Å². The van der Waals surface area contributed by atoms with Gasteiger partial charge in [0.2, 0.25) is 0 Å². The molecular weight excluding hydrogens is 182 g/mol. The summed E-state index contributed by atoms with van der Waals surface area (Å²) in [6.45, 7) is 1.24. The van der Waals surface area contributed by atoms with Gasteiger partial charge in [0.25, 0.3) is 0 Å². The van der Waals surface area contributed by atoms with Crippen LogP contribution < -0.4 is 5.32 Å². The number of hydrogen-bond acceptors (Lipinski definition) is 3. The fourth-order valence-corrected chi connectivity index (χ4v) is 1.91. The van der Waals surface area contributed by atoms with Gasteiger partial charge in [0, 0.05) is 13.1 Å². The van der Waals surface area contributed by atoms with Crippen molar-refractivity contribution in [3.8, 4) is 0 Å². The average molecular weight is 201 g/mol. The number of rotatable bonds is 5. The molecule has 0 amide bonds. The van der Waals surface area contributed by atoms with E-state index in [0.29, 0.717) is 12.5 Å². The molecule has 1 rings (SSSR count). The highest BCUT2D eigenvalue weighted by Gasteiger charge is 2.22. The lowest BCUT2D eigenvalue weighted by atomic mass is 9.86. The summed E-state index contributed by atoms with van der Waals surface area (Å²) in [6.07, 6.45) is 4.21. The Morgan fingerprint density at radius 3 is 2.71 bits per heavy atom. The highest BCUT2D eigenvalue weighted by atomic mass is 16.4. The fraction of sp³-hybridized carbons (Fsp3) is 0.900. The minimum atomic E-state index is -0.776. The maximum absolute atomic E-state index is 10.2. The number of aliphatic hydroxyl groups is 1. The van der Waals surface area contributed by atoms with Gasteiger partial charge in [0.05, 0.1) is 12.5 Å². The number of aliphatic hydroxyl groups excluding tert-OH is 1. The lowest BCUT2D eigenvalue weighted by Gasteiger charge is -2.27. The van der Waals surface area contributed by atoms with Crippen molar-refractivity contribution in [3.63, 3.8) is 0 Å². The molecular formula is C10H19NO3. The monoisotopic (exact) mass is 201 g/mol. The summed E-state index contributed by atoms with van der Waals surface area (Å²) >= 11 is 0. The number of carboxylic acid groups (broad SMARTS) is 1. The van der Waals surface area contributed by atoms with Crippen molar-refractivity contribution in [2.45, 2.75) is 38.2 Å². The third-order valence-electron chi connectivity index (χ3n) is 2.79. The Morgan fingerprint density at radius 2 is 2.07 bits per heavy atom. The molecule has 1 fully saturated rings. The number of carboxylic acids is 1. The van der Waals surface area contributed by atoms with Gasteiger partial charge < -0.3 is 15.5 Å². The number of hydrogen-bond donors (Lipinski definition) is 3. The van der Waals surface area contributed by atoms with Gasteiger partial charge in [-0.25, -0.2) is 0 Å². The van der Waals surface area contributed by atoms with E-state index in [9.17, 15) is 9.90 Å². The second kappa shape index (κ2) is 5.98. The summed E-state index contributed by atoms with van der Waals surface area (Å²) in [5, 5.41) is 21.1. The van der Waals surface area contributed by atoms with Gasteiger partial charge >= 0.3 is 5.97 Å². The van der Waals surface area contributed by atoms with Crippen LogP contribution in [0.4, 0.5) is 0 Å². The molecule has 82 valence electrons. The molecule has 2 atom stereocenters. The molecule has 4 nitrogen and oxygen atoms in total. The first-order valence-electron chi connectivity index (χ1n) is 5.30. The van der Waals surface area contributed by atoms with Crippen LogP contribution in [0.15, 0.2) is 0 Å². The van der Waals surface area contributed by atoms with Crippen molar-refractivity contribution in [3.05, 3.63) is 0 Å². The minimum Gasteiger partial charge on any atom is -0.481 e. The Bertz CT molecular complexity index is 184. The van der Waals surface area contributed by atoms with E-state index >= 15 is 0 Å². The maximum Gasteiger partial charge on any atom is 0.304 e. The van der Waals surface area contributed by atoms with Crippen molar-refractivity contribution in [1.82, 2.24) is 5.32 Å². The summed E-state index contributed by atoms with van der Waals surface area (Å²) in [6, 6.07) is 0. The molecule has 0 spiro atoms. The topological polar surface area (TPSA) is 69.6 Å². The molecule has 0 radical (unpaired) electrons. The van der Waals surface area contributed by atoms with Crippen LogP contribution in [0, 0.1) is 5.92 Å². The highest BCUT2D eigenvalue weighted by molar-refractivity contribution is 5.66. The first-order valence-corrected chi connectivity index (χ1v) is 5.30. The molecule has 1 saturated carbocycles. The molecule has 0 aromatic rings. The predicted octanol–water partition coefficient (Wildman–Crippen LogP) is 0.602. The van der Waals surface area contributed by atoms with Crippen LogP contribution in [0.1, 0.15) is 32.1 Å². The van der Waals surface area contributed by atoms with E-state index in [1.807, 2.05) is 0 Å². The summed E-state index contributed by atoms with van der Waals surface area (Å²) in [4.78, 5) is 10.2. The van der Waals surface area contributed by atoms with Gasteiger partial charge in [-0.1, -0.05) is 12.8 Å². The second-order valence-corrected chi connectivity index (χ2v) is 3.96. The molecule has 0 aromatic heterocycles. The van der Waals surface area contributed by atoms with Crippen LogP contribution in [-0.2, 0) is 4.79 Å². The quantitative estimate of drug-likeness (QED) is 0.570. The summed E-state index contributed by atoms with van der Waals surface area (Å²) < 4.78 is 0. The van der Waals surface area contributed by atoms with Gasteiger partial charge in [0.15, 0.2) is 0 Å². The largest absolute Gasteiger partial charge is 0.481 e. The van der Waals surface area contributed by atoms with E-state index in [4.69, 9.17) is 5.11 Å². The van der Waals surface area contributed by atoms with Crippen molar-refractivity contribution >= 4 is 5.97 Å². The molecule has 3 N–H and O–H groups in total. The second-order valence-electron chi connectivity index (χ2n) is 3.96. The lowest BCUT2D eigenvalue weighted by Crippen LogP contribution is -2.34. The van der Waals surface area contributed by atoms with Gasteiger partial charge in [-0.2, -0.15) is 0 Å². The molecule has 2 unspecified atom stereocenters. The number of nitrogens with one attached hydrogen (secondary N) is 1. The molecule has 0 saturated heterocycles.